The van der Waals surface area contributed by atoms with Crippen molar-refractivity contribution in [2.45, 2.75) is 12.3 Å². The van der Waals surface area contributed by atoms with Crippen molar-refractivity contribution < 1.29 is 27.4 Å². The minimum atomic E-state index is -4.40. The smallest absolute Gasteiger partial charge is 0.416 e. The monoisotopic (exact) mass is 407 g/mol. The van der Waals surface area contributed by atoms with E-state index in [1.54, 1.807) is 24.3 Å². The molecule has 0 radical (unpaired) electrons. The summed E-state index contributed by atoms with van der Waals surface area (Å²) in [7, 11) is 0. The van der Waals surface area contributed by atoms with E-state index in [0.29, 0.717) is 22.1 Å². The van der Waals surface area contributed by atoms with Crippen LogP contribution in [0.5, 0.6) is 11.5 Å². The summed E-state index contributed by atoms with van der Waals surface area (Å²) in [6.07, 6.45) is -5.26. The Morgan fingerprint density at radius 1 is 1.07 bits per heavy atom. The third-order valence-electron chi connectivity index (χ3n) is 3.92. The first-order valence-corrected chi connectivity index (χ1v) is 8.92. The van der Waals surface area contributed by atoms with Gasteiger partial charge in [0.15, 0.2) is 11.5 Å². The van der Waals surface area contributed by atoms with Crippen LogP contribution in [0.15, 0.2) is 48.5 Å². The molecule has 1 atom stereocenters. The van der Waals surface area contributed by atoms with Gasteiger partial charge in [0, 0.05) is 5.56 Å². The fraction of sp³-hybridized carbons (Fsp3) is 0.167. The lowest BCUT2D eigenvalue weighted by molar-refractivity contribution is -0.137. The summed E-state index contributed by atoms with van der Waals surface area (Å²) in [6, 6.07) is 11.6. The molecule has 6 nitrogen and oxygen atoms in total. The maximum absolute atomic E-state index is 12.6. The average Bonchev–Trinajstić information content (AvgIpc) is 3.15. The topological polar surface area (TPSA) is 73.3 Å². The number of halogens is 3. The Morgan fingerprint density at radius 3 is 2.50 bits per heavy atom. The van der Waals surface area contributed by atoms with Gasteiger partial charge in [-0.05, 0) is 24.3 Å². The number of carbonyl (C=O) groups is 1. The van der Waals surface area contributed by atoms with Crippen molar-refractivity contribution in [2.75, 3.05) is 11.9 Å². The van der Waals surface area contributed by atoms with Gasteiger partial charge in [0.1, 0.15) is 11.6 Å². The second-order valence-electron chi connectivity index (χ2n) is 5.84. The molecule has 1 aliphatic heterocycles. The number of para-hydroxylation sites is 2. The quantitative estimate of drug-likeness (QED) is 0.711. The summed E-state index contributed by atoms with van der Waals surface area (Å²) in [5.74, 6) is 0.577. The van der Waals surface area contributed by atoms with Gasteiger partial charge in [-0.25, -0.2) is 0 Å². The van der Waals surface area contributed by atoms with E-state index in [1.165, 1.54) is 12.1 Å². The molecule has 10 heteroatoms. The number of amides is 1. The zero-order valence-electron chi connectivity index (χ0n) is 14.1. The van der Waals surface area contributed by atoms with Crippen molar-refractivity contribution in [3.05, 3.63) is 54.1 Å². The van der Waals surface area contributed by atoms with Gasteiger partial charge in [0.25, 0.3) is 5.91 Å². The number of alkyl halides is 3. The molecule has 1 N–H and O–H groups in total. The van der Waals surface area contributed by atoms with Crippen LogP contribution in [-0.4, -0.2) is 28.8 Å². The van der Waals surface area contributed by atoms with E-state index < -0.39 is 23.8 Å². The number of ether oxygens (including phenoxy) is 2. The maximum Gasteiger partial charge on any atom is 0.416 e. The number of rotatable bonds is 3. The van der Waals surface area contributed by atoms with Gasteiger partial charge in [0.2, 0.25) is 11.2 Å². The predicted octanol–water partition coefficient (Wildman–Crippen LogP) is 4.00. The van der Waals surface area contributed by atoms with Gasteiger partial charge < -0.3 is 9.47 Å². The average molecular weight is 407 g/mol. The van der Waals surface area contributed by atoms with E-state index in [-0.39, 0.29) is 11.7 Å². The van der Waals surface area contributed by atoms with E-state index in [4.69, 9.17) is 9.47 Å². The molecule has 28 heavy (non-hydrogen) atoms. The number of benzene rings is 2. The molecule has 0 unspecified atom stereocenters. The molecule has 144 valence electrons. The molecule has 0 saturated heterocycles. The molecule has 0 aliphatic carbocycles. The molecule has 0 saturated carbocycles. The highest BCUT2D eigenvalue weighted by atomic mass is 32.1. The van der Waals surface area contributed by atoms with Crippen molar-refractivity contribution in [3.63, 3.8) is 0 Å². The summed E-state index contributed by atoms with van der Waals surface area (Å²) in [4.78, 5) is 12.4. The molecular formula is C18H12F3N3O3S. The van der Waals surface area contributed by atoms with Crippen molar-refractivity contribution in [2.24, 2.45) is 0 Å². The Morgan fingerprint density at radius 2 is 1.79 bits per heavy atom. The maximum atomic E-state index is 12.6. The SMILES string of the molecule is O=C(Nc1nnc(-c2ccc(C(F)(F)F)cc2)s1)[C@H]1COc2ccccc2O1. The van der Waals surface area contributed by atoms with Gasteiger partial charge in [-0.1, -0.05) is 35.6 Å². The number of aromatic nitrogens is 2. The number of hydrogen-bond acceptors (Lipinski definition) is 6. The zero-order chi connectivity index (χ0) is 19.7. The van der Waals surface area contributed by atoms with Gasteiger partial charge in [0.05, 0.1) is 5.56 Å². The van der Waals surface area contributed by atoms with Crippen LogP contribution in [0.1, 0.15) is 5.56 Å². The van der Waals surface area contributed by atoms with Gasteiger partial charge in [-0.3, -0.25) is 10.1 Å². The Bertz CT molecular complexity index is 1010. The summed E-state index contributed by atoms with van der Waals surface area (Å²) in [5.41, 5.74) is -0.277. The van der Waals surface area contributed by atoms with Crippen LogP contribution in [-0.2, 0) is 11.0 Å². The van der Waals surface area contributed by atoms with E-state index in [1.807, 2.05) is 0 Å². The first-order valence-electron chi connectivity index (χ1n) is 8.10. The van der Waals surface area contributed by atoms with Gasteiger partial charge in [-0.15, -0.1) is 10.2 Å². The highest BCUT2D eigenvalue weighted by Gasteiger charge is 2.30. The molecule has 2 heterocycles. The lowest BCUT2D eigenvalue weighted by atomic mass is 10.1. The summed E-state index contributed by atoms with van der Waals surface area (Å²) in [6.45, 7) is 0.0490. The number of nitrogens with one attached hydrogen (secondary N) is 1. The van der Waals surface area contributed by atoms with Crippen LogP contribution in [0.25, 0.3) is 10.6 Å². The fourth-order valence-corrected chi connectivity index (χ4v) is 3.28. The van der Waals surface area contributed by atoms with E-state index in [0.717, 1.165) is 23.5 Å². The minimum Gasteiger partial charge on any atom is -0.485 e. The van der Waals surface area contributed by atoms with Crippen LogP contribution in [0.4, 0.5) is 18.3 Å². The third-order valence-corrected chi connectivity index (χ3v) is 4.80. The molecular weight excluding hydrogens is 395 g/mol. The summed E-state index contributed by atoms with van der Waals surface area (Å²) >= 11 is 1.05. The molecule has 4 rings (SSSR count). The van der Waals surface area contributed by atoms with Gasteiger partial charge in [-0.2, -0.15) is 13.2 Å². The molecule has 1 aliphatic rings. The Labute approximate surface area is 160 Å². The highest BCUT2D eigenvalue weighted by molar-refractivity contribution is 7.18. The zero-order valence-corrected chi connectivity index (χ0v) is 14.9. The van der Waals surface area contributed by atoms with Crippen LogP contribution >= 0.6 is 11.3 Å². The lowest BCUT2D eigenvalue weighted by Crippen LogP contribution is -2.40. The lowest BCUT2D eigenvalue weighted by Gasteiger charge is -2.25. The van der Waals surface area contributed by atoms with Crippen molar-refractivity contribution in [1.82, 2.24) is 10.2 Å². The first-order chi connectivity index (χ1) is 13.4. The van der Waals surface area contributed by atoms with E-state index in [2.05, 4.69) is 15.5 Å². The fourth-order valence-electron chi connectivity index (χ4n) is 2.53. The van der Waals surface area contributed by atoms with Crippen molar-refractivity contribution in [1.29, 1.82) is 0 Å². The standard InChI is InChI=1S/C18H12F3N3O3S/c19-18(20,21)11-7-5-10(6-8-11)16-23-24-17(28-16)22-15(25)14-9-26-12-3-1-2-4-13(12)27-14/h1-8,14H,9H2,(H,22,24,25)/t14-/m1/s1. The molecule has 1 amide bonds. The van der Waals surface area contributed by atoms with Crippen molar-refractivity contribution in [3.8, 4) is 22.1 Å². The number of carbonyl (C=O) groups excluding carboxylic acids is 1. The molecule has 1 aromatic heterocycles. The van der Waals surface area contributed by atoms with Crippen LogP contribution in [0.3, 0.4) is 0 Å². The van der Waals surface area contributed by atoms with Gasteiger partial charge >= 0.3 is 6.18 Å². The third kappa shape index (κ3) is 3.77. The summed E-state index contributed by atoms with van der Waals surface area (Å²) < 4.78 is 49.0. The summed E-state index contributed by atoms with van der Waals surface area (Å²) in [5, 5.41) is 11.0. The Kier molecular flexibility index (Phi) is 4.63. The molecule has 0 bridgehead atoms. The first kappa shape index (κ1) is 18.2. The van der Waals surface area contributed by atoms with Crippen LogP contribution in [0, 0.1) is 0 Å². The molecule has 3 aromatic rings. The predicted molar refractivity (Wildman–Crippen MR) is 95.3 cm³/mol. The second kappa shape index (κ2) is 7.12. The molecule has 2 aromatic carbocycles. The number of fused-ring (bicyclic) bond motifs is 1. The molecule has 0 fully saturated rings. The highest BCUT2D eigenvalue weighted by Crippen LogP contribution is 2.33. The minimum absolute atomic E-state index is 0.0490. The molecule has 0 spiro atoms. The Hall–Kier alpha value is -3.14. The van der Waals surface area contributed by atoms with E-state index in [9.17, 15) is 18.0 Å². The van der Waals surface area contributed by atoms with Crippen molar-refractivity contribution >= 4 is 22.4 Å². The number of anilines is 1. The van der Waals surface area contributed by atoms with Crippen LogP contribution in [0.2, 0.25) is 0 Å². The Balaban J connectivity index is 1.43. The second-order valence-corrected chi connectivity index (χ2v) is 6.82. The number of nitrogens with zero attached hydrogens (tertiary/aromatic N) is 2. The van der Waals surface area contributed by atoms with Crippen LogP contribution < -0.4 is 14.8 Å². The normalized spacial score (nSPS) is 15.9. The largest absolute Gasteiger partial charge is 0.485 e. The van der Waals surface area contributed by atoms with E-state index >= 15 is 0 Å². The number of hydrogen-bond donors (Lipinski definition) is 1.